The number of hydrogen-bond acceptors (Lipinski definition) is 26. The minimum atomic E-state index is -2.09. The van der Waals surface area contributed by atoms with Crippen LogP contribution in [-0.4, -0.2) is 274 Å². The summed E-state index contributed by atoms with van der Waals surface area (Å²) in [6.07, 6.45) is -44.3. The van der Waals surface area contributed by atoms with E-state index in [-0.39, 0.29) is 0 Å². The molecular weight excluding hydrogens is 814 g/mol. The summed E-state index contributed by atoms with van der Waals surface area (Å²) in [5.41, 5.74) is 0. The highest BCUT2D eigenvalue weighted by molar-refractivity contribution is 5.73. The Morgan fingerprint density at radius 1 is 0.407 bits per heavy atom. The number of hydrogen-bond donors (Lipinski definition) is 17. The van der Waals surface area contributed by atoms with Crippen LogP contribution in [0.1, 0.15) is 6.92 Å². The molecule has 0 aromatic carbocycles. The maximum absolute atomic E-state index is 12.4. The monoisotopic (exact) mass is 869 g/mol. The molecule has 5 saturated heterocycles. The zero-order valence-electron chi connectivity index (χ0n) is 31.2. The van der Waals surface area contributed by atoms with Crippen molar-refractivity contribution in [2.24, 2.45) is 0 Å². The fourth-order valence-corrected chi connectivity index (χ4v) is 7.43. The van der Waals surface area contributed by atoms with E-state index in [2.05, 4.69) is 5.32 Å². The third-order valence-corrected chi connectivity index (χ3v) is 10.7. The molecule has 25 atom stereocenters. The predicted octanol–water partition coefficient (Wildman–Crippen LogP) is -11.8. The second-order valence-corrected chi connectivity index (χ2v) is 14.7. The van der Waals surface area contributed by atoms with Crippen molar-refractivity contribution in [1.82, 2.24) is 5.32 Å². The Balaban J connectivity index is 1.35. The zero-order valence-corrected chi connectivity index (χ0v) is 31.2. The van der Waals surface area contributed by atoms with Crippen LogP contribution < -0.4 is 5.32 Å². The topological polar surface area (TPSA) is 436 Å². The average Bonchev–Trinajstić information content (AvgIpc) is 3.21. The first-order chi connectivity index (χ1) is 27.9. The molecule has 5 fully saturated rings. The van der Waals surface area contributed by atoms with Crippen LogP contribution in [0.5, 0.6) is 0 Å². The highest BCUT2D eigenvalue weighted by atomic mass is 16.8. The number of amides is 1. The van der Waals surface area contributed by atoms with Gasteiger partial charge in [0.05, 0.1) is 33.0 Å². The number of ether oxygens (including phenoxy) is 9. The molecule has 1 unspecified atom stereocenters. The Morgan fingerprint density at radius 2 is 0.780 bits per heavy atom. The van der Waals surface area contributed by atoms with Crippen LogP contribution in [0.4, 0.5) is 0 Å². The van der Waals surface area contributed by atoms with E-state index < -0.39 is 192 Å². The normalized spacial score (nSPS) is 51.0. The maximum Gasteiger partial charge on any atom is 0.217 e. The van der Waals surface area contributed by atoms with Crippen LogP contribution in [-0.2, 0) is 47.4 Å². The molecule has 59 heavy (non-hydrogen) atoms. The molecule has 0 spiro atoms. The van der Waals surface area contributed by atoms with Crippen LogP contribution in [0.3, 0.4) is 0 Å². The van der Waals surface area contributed by atoms with Crippen molar-refractivity contribution in [1.29, 1.82) is 0 Å². The Morgan fingerprint density at radius 3 is 1.24 bits per heavy atom. The molecule has 0 aliphatic carbocycles. The molecule has 5 rings (SSSR count). The molecule has 5 heterocycles. The second kappa shape index (κ2) is 20.8. The van der Waals surface area contributed by atoms with Crippen molar-refractivity contribution < 1.29 is 129 Å². The van der Waals surface area contributed by atoms with Crippen molar-refractivity contribution in [3.8, 4) is 0 Å². The van der Waals surface area contributed by atoms with Gasteiger partial charge in [0.2, 0.25) is 5.91 Å². The fourth-order valence-electron chi connectivity index (χ4n) is 7.43. The second-order valence-electron chi connectivity index (χ2n) is 14.7. The molecule has 27 nitrogen and oxygen atoms in total. The van der Waals surface area contributed by atoms with E-state index in [1.54, 1.807) is 0 Å². The molecule has 17 N–H and O–H groups in total. The molecule has 5 aliphatic rings. The number of aliphatic hydroxyl groups excluding tert-OH is 16. The van der Waals surface area contributed by atoms with Crippen molar-refractivity contribution in [3.05, 3.63) is 0 Å². The van der Waals surface area contributed by atoms with Crippen molar-refractivity contribution in [2.75, 3.05) is 33.0 Å². The summed E-state index contributed by atoms with van der Waals surface area (Å²) in [5, 5.41) is 169. The van der Waals surface area contributed by atoms with Gasteiger partial charge in [0.1, 0.15) is 122 Å². The highest BCUT2D eigenvalue weighted by Gasteiger charge is 2.57. The first-order valence-electron chi connectivity index (χ1n) is 18.6. The summed E-state index contributed by atoms with van der Waals surface area (Å²) >= 11 is 0. The van der Waals surface area contributed by atoms with E-state index in [1.165, 1.54) is 0 Å². The summed E-state index contributed by atoms with van der Waals surface area (Å²) in [6.45, 7) is -3.57. The van der Waals surface area contributed by atoms with E-state index in [1.807, 2.05) is 0 Å². The molecule has 0 aromatic heterocycles. The number of aliphatic hydroxyl groups is 16. The van der Waals surface area contributed by atoms with Gasteiger partial charge in [-0.1, -0.05) is 0 Å². The van der Waals surface area contributed by atoms with Gasteiger partial charge >= 0.3 is 0 Å². The first-order valence-corrected chi connectivity index (χ1v) is 18.6. The fraction of sp³-hybridized carbons (Fsp3) is 0.969. The minimum absolute atomic E-state index is 0.817. The zero-order chi connectivity index (χ0) is 43.6. The first kappa shape index (κ1) is 48.5. The van der Waals surface area contributed by atoms with Gasteiger partial charge in [0, 0.05) is 6.92 Å². The number of carbonyl (C=O) groups excluding carboxylic acids is 1. The smallest absolute Gasteiger partial charge is 0.217 e. The van der Waals surface area contributed by atoms with Crippen molar-refractivity contribution in [3.63, 3.8) is 0 Å². The lowest BCUT2D eigenvalue weighted by Gasteiger charge is -2.50. The van der Waals surface area contributed by atoms with E-state index in [0.29, 0.717) is 0 Å². The molecule has 344 valence electrons. The Hall–Kier alpha value is -1.53. The average molecular weight is 870 g/mol. The highest BCUT2D eigenvalue weighted by Crippen LogP contribution is 2.35. The molecule has 5 aliphatic heterocycles. The SMILES string of the molecule is CC(=O)N[C@H]1[C@H](O[C@H]2[C@@H](O)[C@@H](CO)O[C@@H](O[C@H]3[C@H](O)[C@@H](O)C(O)O[C@@H]3CO)[C@@H]2O)O[C@H](CO)[C@@H](O[C@@H]2O[C@H](CO)[C@H](O)[C@H](O[C@H]3O[C@H](CO)[C@H](O)[C@H](O)[C@H]3O)[C@H]2O)[C@@H]1O. The molecule has 0 aromatic rings. The molecule has 0 saturated carbocycles. The molecular formula is C32H55NO26. The quantitative estimate of drug-likeness (QED) is 0.0770. The van der Waals surface area contributed by atoms with E-state index in [9.17, 15) is 86.5 Å². The van der Waals surface area contributed by atoms with Crippen molar-refractivity contribution in [2.45, 2.75) is 160 Å². The standard InChI is InChI=1S/C32H55NO26/c1-7(39)33-13-17(43)24(56-31-23(49)27(16(42)10(4-36)53-31)59-30-21(47)18(44)14(40)8(2-34)52-30)12(6-38)55-29(13)58-26-15(41)9(3-35)54-32(22(26)48)57-25-11(5-37)51-28(50)20(46)19(25)45/h8-32,34-38,40-50H,2-6H2,1H3,(H,33,39)/t8-,9-,10-,11-,12-,13-,14+,15+,16+,17-,18+,19-,20-,21-,22-,23-,24-,25-,26+,27+,28?,29+,30-,31+,32+/m1/s1. The van der Waals surface area contributed by atoms with Gasteiger partial charge in [-0.15, -0.1) is 0 Å². The third-order valence-electron chi connectivity index (χ3n) is 10.7. The van der Waals surface area contributed by atoms with Gasteiger partial charge in [-0.3, -0.25) is 4.79 Å². The Labute approximate surface area is 333 Å². The van der Waals surface area contributed by atoms with Gasteiger partial charge in [-0.2, -0.15) is 0 Å². The summed E-state index contributed by atoms with van der Waals surface area (Å²) in [4.78, 5) is 12.4. The maximum atomic E-state index is 12.4. The summed E-state index contributed by atoms with van der Waals surface area (Å²) in [5.74, 6) is -0.817. The van der Waals surface area contributed by atoms with Crippen LogP contribution in [0.25, 0.3) is 0 Å². The lowest BCUT2D eigenvalue weighted by atomic mass is 9.94. The van der Waals surface area contributed by atoms with E-state index in [0.717, 1.165) is 6.92 Å². The minimum Gasteiger partial charge on any atom is -0.394 e. The van der Waals surface area contributed by atoms with Gasteiger partial charge in [-0.25, -0.2) is 0 Å². The lowest BCUT2D eigenvalue weighted by Crippen LogP contribution is -2.70. The lowest BCUT2D eigenvalue weighted by molar-refractivity contribution is -0.386. The molecule has 0 bridgehead atoms. The van der Waals surface area contributed by atoms with Crippen molar-refractivity contribution >= 4 is 5.91 Å². The van der Waals surface area contributed by atoms with Gasteiger partial charge < -0.3 is 130 Å². The van der Waals surface area contributed by atoms with E-state index >= 15 is 0 Å². The number of nitrogens with one attached hydrogen (secondary N) is 1. The third kappa shape index (κ3) is 10.2. The van der Waals surface area contributed by atoms with E-state index in [4.69, 9.17) is 42.6 Å². The van der Waals surface area contributed by atoms with Crippen LogP contribution in [0.2, 0.25) is 0 Å². The largest absolute Gasteiger partial charge is 0.394 e. The number of rotatable bonds is 14. The van der Waals surface area contributed by atoms with Crippen LogP contribution in [0.15, 0.2) is 0 Å². The molecule has 0 radical (unpaired) electrons. The van der Waals surface area contributed by atoms with Crippen LogP contribution >= 0.6 is 0 Å². The summed E-state index contributed by atoms with van der Waals surface area (Å²) in [7, 11) is 0. The molecule has 1 amide bonds. The van der Waals surface area contributed by atoms with Gasteiger partial charge in [0.15, 0.2) is 31.5 Å². The predicted molar refractivity (Wildman–Crippen MR) is 178 cm³/mol. The summed E-state index contributed by atoms with van der Waals surface area (Å²) in [6, 6.07) is -1.72. The number of carbonyl (C=O) groups is 1. The summed E-state index contributed by atoms with van der Waals surface area (Å²) < 4.78 is 50.0. The van der Waals surface area contributed by atoms with Gasteiger partial charge in [-0.05, 0) is 0 Å². The Bertz CT molecular complexity index is 1320. The molecule has 27 heteroatoms. The van der Waals surface area contributed by atoms with Gasteiger partial charge in [0.25, 0.3) is 0 Å². The Kier molecular flexibility index (Phi) is 17.1. The van der Waals surface area contributed by atoms with Crippen LogP contribution in [0, 0.1) is 0 Å².